The lowest BCUT2D eigenvalue weighted by Gasteiger charge is -2.02. The van der Waals surface area contributed by atoms with Crippen molar-refractivity contribution >= 4 is 11.8 Å². The number of aromatic nitrogens is 2. The Morgan fingerprint density at radius 1 is 1.31 bits per heavy atom. The minimum Gasteiger partial charge on any atom is -0.361 e. The Kier molecular flexibility index (Phi) is 3.62. The SMILES string of the molecule is Cc1cc(CSCc2ncccc2C)no1. The molecule has 0 aliphatic heterocycles. The van der Waals surface area contributed by atoms with Crippen LogP contribution in [0.5, 0.6) is 0 Å². The lowest BCUT2D eigenvalue weighted by atomic mass is 10.2. The quantitative estimate of drug-likeness (QED) is 0.814. The van der Waals surface area contributed by atoms with E-state index >= 15 is 0 Å². The van der Waals surface area contributed by atoms with Gasteiger partial charge in [-0.3, -0.25) is 4.98 Å². The van der Waals surface area contributed by atoms with Crippen molar-refractivity contribution in [3.8, 4) is 0 Å². The van der Waals surface area contributed by atoms with Crippen LogP contribution >= 0.6 is 11.8 Å². The summed E-state index contributed by atoms with van der Waals surface area (Å²) in [5, 5.41) is 3.95. The van der Waals surface area contributed by atoms with Gasteiger partial charge in [0.15, 0.2) is 0 Å². The molecule has 0 saturated carbocycles. The Bertz CT molecular complexity index is 468. The van der Waals surface area contributed by atoms with Gasteiger partial charge in [-0.25, -0.2) is 0 Å². The van der Waals surface area contributed by atoms with E-state index in [1.165, 1.54) is 5.56 Å². The van der Waals surface area contributed by atoms with E-state index in [1.54, 1.807) is 11.8 Å². The van der Waals surface area contributed by atoms with Crippen molar-refractivity contribution in [2.75, 3.05) is 0 Å². The predicted molar refractivity (Wildman–Crippen MR) is 65.2 cm³/mol. The normalized spacial score (nSPS) is 10.6. The van der Waals surface area contributed by atoms with E-state index in [0.717, 1.165) is 28.7 Å². The highest BCUT2D eigenvalue weighted by Crippen LogP contribution is 2.18. The van der Waals surface area contributed by atoms with Gasteiger partial charge in [-0.2, -0.15) is 0 Å². The summed E-state index contributed by atoms with van der Waals surface area (Å²) in [6.07, 6.45) is 1.84. The molecule has 0 aromatic carbocycles. The number of hydrogen-bond acceptors (Lipinski definition) is 4. The largest absolute Gasteiger partial charge is 0.361 e. The second-order valence-corrected chi connectivity index (χ2v) is 4.67. The zero-order valence-electron chi connectivity index (χ0n) is 9.43. The molecule has 0 saturated heterocycles. The lowest BCUT2D eigenvalue weighted by molar-refractivity contribution is 0.393. The molecule has 0 spiro atoms. The minimum absolute atomic E-state index is 0.865. The maximum atomic E-state index is 5.01. The first-order valence-electron chi connectivity index (χ1n) is 5.16. The van der Waals surface area contributed by atoms with Crippen LogP contribution in [0.25, 0.3) is 0 Å². The third-order valence-electron chi connectivity index (χ3n) is 2.28. The average Bonchev–Trinajstić information content (AvgIpc) is 2.67. The van der Waals surface area contributed by atoms with E-state index in [0.29, 0.717) is 0 Å². The topological polar surface area (TPSA) is 38.9 Å². The fourth-order valence-electron chi connectivity index (χ4n) is 1.41. The fourth-order valence-corrected chi connectivity index (χ4v) is 2.35. The van der Waals surface area contributed by atoms with Gasteiger partial charge in [0.05, 0.1) is 11.4 Å². The number of aryl methyl sites for hydroxylation is 2. The zero-order chi connectivity index (χ0) is 11.4. The van der Waals surface area contributed by atoms with Crippen LogP contribution in [-0.4, -0.2) is 10.1 Å². The van der Waals surface area contributed by atoms with Crippen molar-refractivity contribution in [3.63, 3.8) is 0 Å². The van der Waals surface area contributed by atoms with Gasteiger partial charge in [0.25, 0.3) is 0 Å². The molecule has 0 aliphatic rings. The smallest absolute Gasteiger partial charge is 0.133 e. The van der Waals surface area contributed by atoms with Crippen molar-refractivity contribution in [1.82, 2.24) is 10.1 Å². The van der Waals surface area contributed by atoms with Crippen LogP contribution in [0.15, 0.2) is 28.9 Å². The van der Waals surface area contributed by atoms with Crippen LogP contribution in [0, 0.1) is 13.8 Å². The third-order valence-corrected chi connectivity index (χ3v) is 3.26. The summed E-state index contributed by atoms with van der Waals surface area (Å²) < 4.78 is 5.01. The highest BCUT2D eigenvalue weighted by Gasteiger charge is 2.02. The fraction of sp³-hybridized carbons (Fsp3) is 0.333. The third kappa shape index (κ3) is 2.85. The Morgan fingerprint density at radius 2 is 2.19 bits per heavy atom. The molecule has 2 heterocycles. The first kappa shape index (κ1) is 11.2. The van der Waals surface area contributed by atoms with Crippen molar-refractivity contribution in [2.45, 2.75) is 25.4 Å². The van der Waals surface area contributed by atoms with Crippen LogP contribution in [0.4, 0.5) is 0 Å². The van der Waals surface area contributed by atoms with Crippen molar-refractivity contribution in [2.24, 2.45) is 0 Å². The molecule has 2 aromatic rings. The van der Waals surface area contributed by atoms with Crippen LogP contribution in [0.1, 0.15) is 22.7 Å². The summed E-state index contributed by atoms with van der Waals surface area (Å²) in [5.74, 6) is 2.65. The van der Waals surface area contributed by atoms with E-state index in [9.17, 15) is 0 Å². The van der Waals surface area contributed by atoms with Crippen LogP contribution in [-0.2, 0) is 11.5 Å². The molecule has 2 aromatic heterocycles. The van der Waals surface area contributed by atoms with Crippen molar-refractivity contribution < 1.29 is 4.52 Å². The number of thioether (sulfide) groups is 1. The van der Waals surface area contributed by atoms with Gasteiger partial charge in [0.2, 0.25) is 0 Å². The Labute approximate surface area is 99.3 Å². The van der Waals surface area contributed by atoms with E-state index in [-0.39, 0.29) is 0 Å². The average molecular weight is 234 g/mol. The van der Waals surface area contributed by atoms with Crippen molar-refractivity contribution in [1.29, 1.82) is 0 Å². The Morgan fingerprint density at radius 3 is 2.88 bits per heavy atom. The number of pyridine rings is 1. The minimum atomic E-state index is 0.865. The van der Waals surface area contributed by atoms with E-state index in [1.807, 2.05) is 25.3 Å². The lowest BCUT2D eigenvalue weighted by Crippen LogP contribution is -1.91. The van der Waals surface area contributed by atoms with Gasteiger partial charge in [-0.15, -0.1) is 11.8 Å². The first-order valence-corrected chi connectivity index (χ1v) is 6.31. The van der Waals surface area contributed by atoms with Crippen LogP contribution < -0.4 is 0 Å². The van der Waals surface area contributed by atoms with Gasteiger partial charge in [-0.05, 0) is 25.5 Å². The highest BCUT2D eigenvalue weighted by atomic mass is 32.2. The number of hydrogen-bond donors (Lipinski definition) is 0. The molecule has 0 bridgehead atoms. The van der Waals surface area contributed by atoms with Crippen molar-refractivity contribution in [3.05, 3.63) is 47.1 Å². The summed E-state index contributed by atoms with van der Waals surface area (Å²) in [6.45, 7) is 3.99. The standard InChI is InChI=1S/C12H14N2OS/c1-9-4-3-5-13-12(9)8-16-7-11-6-10(2)15-14-11/h3-6H,7-8H2,1-2H3. The summed E-state index contributed by atoms with van der Waals surface area (Å²) in [4.78, 5) is 4.35. The molecule has 0 N–H and O–H groups in total. The van der Waals surface area contributed by atoms with Crippen LogP contribution in [0.2, 0.25) is 0 Å². The van der Waals surface area contributed by atoms with Gasteiger partial charge in [0, 0.05) is 23.8 Å². The molecule has 0 atom stereocenters. The molecule has 4 heteroatoms. The summed E-state index contributed by atoms with van der Waals surface area (Å²) >= 11 is 1.80. The first-order chi connectivity index (χ1) is 7.75. The predicted octanol–water partition coefficient (Wildman–Crippen LogP) is 3.12. The second-order valence-electron chi connectivity index (χ2n) is 3.69. The molecule has 0 fully saturated rings. The van der Waals surface area contributed by atoms with Gasteiger partial charge in [-0.1, -0.05) is 11.2 Å². The van der Waals surface area contributed by atoms with Gasteiger partial charge in [0.1, 0.15) is 5.76 Å². The molecule has 0 unspecified atom stereocenters. The Hall–Kier alpha value is -1.29. The zero-order valence-corrected chi connectivity index (χ0v) is 10.3. The molecule has 3 nitrogen and oxygen atoms in total. The maximum absolute atomic E-state index is 5.01. The summed E-state index contributed by atoms with van der Waals surface area (Å²) in [5.41, 5.74) is 3.38. The second kappa shape index (κ2) is 5.16. The van der Waals surface area contributed by atoms with E-state index < -0.39 is 0 Å². The van der Waals surface area contributed by atoms with E-state index in [4.69, 9.17) is 4.52 Å². The molecular weight excluding hydrogens is 220 g/mol. The molecule has 0 aliphatic carbocycles. The monoisotopic (exact) mass is 234 g/mol. The molecule has 16 heavy (non-hydrogen) atoms. The van der Waals surface area contributed by atoms with Gasteiger partial charge < -0.3 is 4.52 Å². The molecule has 84 valence electrons. The van der Waals surface area contributed by atoms with Crippen LogP contribution in [0.3, 0.4) is 0 Å². The Balaban J connectivity index is 1.87. The molecule has 0 amide bonds. The molecule has 2 rings (SSSR count). The highest BCUT2D eigenvalue weighted by molar-refractivity contribution is 7.97. The summed E-state index contributed by atoms with van der Waals surface area (Å²) in [7, 11) is 0. The maximum Gasteiger partial charge on any atom is 0.133 e. The molecule has 0 radical (unpaired) electrons. The summed E-state index contributed by atoms with van der Waals surface area (Å²) in [6, 6.07) is 6.02. The number of nitrogens with zero attached hydrogens (tertiary/aromatic N) is 2. The van der Waals surface area contributed by atoms with Gasteiger partial charge >= 0.3 is 0 Å². The molecular formula is C12H14N2OS. The number of rotatable bonds is 4. The van der Waals surface area contributed by atoms with E-state index in [2.05, 4.69) is 23.1 Å².